The van der Waals surface area contributed by atoms with Gasteiger partial charge in [-0.3, -0.25) is 4.79 Å². The van der Waals surface area contributed by atoms with Gasteiger partial charge < -0.3 is 14.2 Å². The Hall–Kier alpha value is -2.04. The number of allylic oxidation sites excluding steroid dienone is 1. The molecular formula is C17H26O5. The second-order valence-corrected chi connectivity index (χ2v) is 5.39. The molecule has 0 fully saturated rings. The third kappa shape index (κ3) is 7.11. The van der Waals surface area contributed by atoms with Gasteiger partial charge in [-0.15, -0.1) is 0 Å². The van der Waals surface area contributed by atoms with Crippen molar-refractivity contribution < 1.29 is 23.8 Å². The van der Waals surface area contributed by atoms with Crippen molar-refractivity contribution in [3.05, 3.63) is 37.6 Å². The lowest BCUT2D eigenvalue weighted by Crippen LogP contribution is -2.38. The van der Waals surface area contributed by atoms with Crippen LogP contribution in [0.5, 0.6) is 0 Å². The van der Waals surface area contributed by atoms with Crippen LogP contribution in [-0.4, -0.2) is 31.8 Å². The van der Waals surface area contributed by atoms with Crippen LogP contribution in [0.4, 0.5) is 0 Å². The zero-order valence-corrected chi connectivity index (χ0v) is 13.7. The molecule has 0 aromatic carbocycles. The van der Waals surface area contributed by atoms with Gasteiger partial charge in [0.15, 0.2) is 0 Å². The molecule has 0 aliphatic heterocycles. The highest BCUT2D eigenvalue weighted by atomic mass is 16.6. The molecule has 0 heterocycles. The quantitative estimate of drug-likeness (QED) is 0.254. The minimum atomic E-state index is -0.644. The highest BCUT2D eigenvalue weighted by Crippen LogP contribution is 2.25. The van der Waals surface area contributed by atoms with Crippen LogP contribution in [-0.2, 0) is 23.8 Å². The van der Waals surface area contributed by atoms with E-state index in [0.717, 1.165) is 6.08 Å². The second-order valence-electron chi connectivity index (χ2n) is 5.39. The van der Waals surface area contributed by atoms with Gasteiger partial charge in [-0.25, -0.2) is 4.79 Å². The minimum Gasteiger partial charge on any atom is -0.493 e. The maximum Gasteiger partial charge on any atom is 0.330 e. The molecule has 0 spiro atoms. The Balaban J connectivity index is 4.91. The number of esters is 2. The van der Waals surface area contributed by atoms with E-state index in [1.165, 1.54) is 6.08 Å². The standard InChI is InChI=1S/C17H26O5/c1-7-14(6)20-10-17(9-3,11-21-15(18)8-2)12-22-16(19)13(4)5/h7-8,13H,1-2,6,9-12H2,3-5H3. The lowest BCUT2D eigenvalue weighted by atomic mass is 9.88. The molecule has 0 rings (SSSR count). The number of carbonyl (C=O) groups excluding carboxylic acids is 2. The van der Waals surface area contributed by atoms with E-state index in [1.807, 2.05) is 6.92 Å². The molecule has 0 aliphatic rings. The first-order chi connectivity index (χ1) is 10.3. The number of ether oxygens (including phenoxy) is 3. The molecule has 5 heteroatoms. The summed E-state index contributed by atoms with van der Waals surface area (Å²) in [6.45, 7) is 16.4. The van der Waals surface area contributed by atoms with Gasteiger partial charge in [-0.05, 0) is 12.5 Å². The van der Waals surface area contributed by atoms with Crippen molar-refractivity contribution in [1.29, 1.82) is 0 Å². The molecule has 0 saturated heterocycles. The molecule has 0 saturated carbocycles. The molecule has 124 valence electrons. The first kappa shape index (κ1) is 20.0. The van der Waals surface area contributed by atoms with E-state index in [2.05, 4.69) is 19.7 Å². The highest BCUT2D eigenvalue weighted by Gasteiger charge is 2.33. The first-order valence-electron chi connectivity index (χ1n) is 7.20. The van der Waals surface area contributed by atoms with Gasteiger partial charge in [-0.2, -0.15) is 0 Å². The van der Waals surface area contributed by atoms with Gasteiger partial charge in [-0.1, -0.05) is 40.5 Å². The van der Waals surface area contributed by atoms with Crippen molar-refractivity contribution in [2.24, 2.45) is 11.3 Å². The van der Waals surface area contributed by atoms with Crippen LogP contribution in [0.15, 0.2) is 37.6 Å². The number of carbonyl (C=O) groups is 2. The average Bonchev–Trinajstić information content (AvgIpc) is 2.53. The van der Waals surface area contributed by atoms with Crippen LogP contribution in [0, 0.1) is 11.3 Å². The van der Waals surface area contributed by atoms with Crippen molar-refractivity contribution in [1.82, 2.24) is 0 Å². The predicted molar refractivity (Wildman–Crippen MR) is 85.0 cm³/mol. The summed E-state index contributed by atoms with van der Waals surface area (Å²) in [6.07, 6.45) is 3.16. The Morgan fingerprint density at radius 2 is 1.59 bits per heavy atom. The lowest BCUT2D eigenvalue weighted by molar-refractivity contribution is -0.157. The Labute approximate surface area is 132 Å². The third-order valence-corrected chi connectivity index (χ3v) is 3.22. The SMILES string of the molecule is C=CC(=C)OCC(CC)(COC(=O)C=C)COC(=O)C(C)C. The molecule has 0 amide bonds. The van der Waals surface area contributed by atoms with E-state index in [1.54, 1.807) is 13.8 Å². The van der Waals surface area contributed by atoms with E-state index in [0.29, 0.717) is 12.2 Å². The van der Waals surface area contributed by atoms with E-state index in [4.69, 9.17) is 14.2 Å². The summed E-state index contributed by atoms with van der Waals surface area (Å²) in [6, 6.07) is 0. The molecule has 0 aromatic heterocycles. The van der Waals surface area contributed by atoms with Gasteiger partial charge in [0, 0.05) is 6.08 Å². The number of hydrogen-bond acceptors (Lipinski definition) is 5. The summed E-state index contributed by atoms with van der Waals surface area (Å²) in [5.41, 5.74) is -0.644. The fraction of sp³-hybridized carbons (Fsp3) is 0.529. The monoisotopic (exact) mass is 310 g/mol. The van der Waals surface area contributed by atoms with Crippen LogP contribution in [0.2, 0.25) is 0 Å². The van der Waals surface area contributed by atoms with Crippen molar-refractivity contribution in [3.63, 3.8) is 0 Å². The van der Waals surface area contributed by atoms with Crippen LogP contribution >= 0.6 is 0 Å². The van der Waals surface area contributed by atoms with Crippen molar-refractivity contribution in [3.8, 4) is 0 Å². The molecule has 0 radical (unpaired) electrons. The van der Waals surface area contributed by atoms with Crippen LogP contribution in [0.25, 0.3) is 0 Å². The Morgan fingerprint density at radius 1 is 1.05 bits per heavy atom. The summed E-state index contributed by atoms with van der Waals surface area (Å²) in [5, 5.41) is 0. The Bertz CT molecular complexity index is 399. The van der Waals surface area contributed by atoms with Gasteiger partial charge in [0.05, 0.1) is 11.3 Å². The highest BCUT2D eigenvalue weighted by molar-refractivity contribution is 5.81. The minimum absolute atomic E-state index is 0.0597. The molecule has 0 N–H and O–H groups in total. The van der Waals surface area contributed by atoms with Crippen LogP contribution < -0.4 is 0 Å². The lowest BCUT2D eigenvalue weighted by Gasteiger charge is -2.31. The molecule has 1 atom stereocenters. The molecular weight excluding hydrogens is 284 g/mol. The molecule has 0 aliphatic carbocycles. The van der Waals surface area contributed by atoms with Crippen LogP contribution in [0.3, 0.4) is 0 Å². The van der Waals surface area contributed by atoms with Gasteiger partial charge in [0.2, 0.25) is 0 Å². The van der Waals surface area contributed by atoms with E-state index >= 15 is 0 Å². The summed E-state index contributed by atoms with van der Waals surface area (Å²) in [4.78, 5) is 23.0. The third-order valence-electron chi connectivity index (χ3n) is 3.22. The molecule has 5 nitrogen and oxygen atoms in total. The topological polar surface area (TPSA) is 61.8 Å². The molecule has 22 heavy (non-hydrogen) atoms. The van der Waals surface area contributed by atoms with Gasteiger partial charge >= 0.3 is 11.9 Å². The molecule has 0 bridgehead atoms. The maximum absolute atomic E-state index is 11.7. The van der Waals surface area contributed by atoms with E-state index in [-0.39, 0.29) is 31.7 Å². The van der Waals surface area contributed by atoms with Gasteiger partial charge in [0.1, 0.15) is 25.6 Å². The first-order valence-corrected chi connectivity index (χ1v) is 7.20. The number of hydrogen-bond donors (Lipinski definition) is 0. The summed E-state index contributed by atoms with van der Waals surface area (Å²) >= 11 is 0. The summed E-state index contributed by atoms with van der Waals surface area (Å²) in [7, 11) is 0. The smallest absolute Gasteiger partial charge is 0.330 e. The van der Waals surface area contributed by atoms with Crippen molar-refractivity contribution >= 4 is 11.9 Å². The molecule has 1 unspecified atom stereocenters. The van der Waals surface area contributed by atoms with E-state index < -0.39 is 11.4 Å². The average molecular weight is 310 g/mol. The van der Waals surface area contributed by atoms with Gasteiger partial charge in [0.25, 0.3) is 0 Å². The fourth-order valence-corrected chi connectivity index (χ4v) is 1.41. The Kier molecular flexibility index (Phi) is 8.91. The van der Waals surface area contributed by atoms with Crippen molar-refractivity contribution in [2.45, 2.75) is 27.2 Å². The fourth-order valence-electron chi connectivity index (χ4n) is 1.41. The zero-order chi connectivity index (χ0) is 17.2. The normalized spacial score (nSPS) is 12.9. The van der Waals surface area contributed by atoms with Crippen LogP contribution in [0.1, 0.15) is 27.2 Å². The second kappa shape index (κ2) is 9.82. The molecule has 0 aromatic rings. The Morgan fingerprint density at radius 3 is 2.05 bits per heavy atom. The largest absolute Gasteiger partial charge is 0.493 e. The summed E-state index contributed by atoms with van der Waals surface area (Å²) < 4.78 is 15.9. The van der Waals surface area contributed by atoms with Crippen molar-refractivity contribution in [2.75, 3.05) is 19.8 Å². The number of rotatable bonds is 11. The maximum atomic E-state index is 11.7. The summed E-state index contributed by atoms with van der Waals surface area (Å²) in [5.74, 6) is -0.664. The zero-order valence-electron chi connectivity index (χ0n) is 13.7. The predicted octanol–water partition coefficient (Wildman–Crippen LogP) is 3.03. The van der Waals surface area contributed by atoms with E-state index in [9.17, 15) is 9.59 Å².